The maximum atomic E-state index is 4.57. The Morgan fingerprint density at radius 1 is 0.880 bits per heavy atom. The second-order valence-electron chi connectivity index (χ2n) is 5.37. The van der Waals surface area contributed by atoms with Gasteiger partial charge in [0.25, 0.3) is 0 Å². The van der Waals surface area contributed by atoms with E-state index in [1.165, 1.54) is 16.8 Å². The predicted molar refractivity (Wildman–Crippen MR) is 109 cm³/mol. The van der Waals surface area contributed by atoms with Crippen molar-refractivity contribution in [2.75, 3.05) is 11.9 Å². The number of aliphatic imine (C=N–C) groups is 1. The van der Waals surface area contributed by atoms with Gasteiger partial charge in [-0.3, -0.25) is 5.43 Å². The van der Waals surface area contributed by atoms with Crippen LogP contribution in [0.1, 0.15) is 38.8 Å². The summed E-state index contributed by atoms with van der Waals surface area (Å²) in [5.41, 5.74) is 7.98. The smallest absolute Gasteiger partial charge is 0.133 e. The first-order chi connectivity index (χ1) is 12.3. The Bertz CT molecular complexity index is 762. The maximum Gasteiger partial charge on any atom is 0.133 e. The summed E-state index contributed by atoms with van der Waals surface area (Å²) in [6, 6.07) is 16.6. The average molecular weight is 336 g/mol. The second kappa shape index (κ2) is 9.02. The molecule has 2 aliphatic rings. The molecular weight excluding hydrogens is 308 g/mol. The van der Waals surface area contributed by atoms with Crippen molar-refractivity contribution in [3.8, 4) is 0 Å². The number of para-hydroxylation sites is 2. The van der Waals surface area contributed by atoms with Crippen molar-refractivity contribution < 1.29 is 0 Å². The van der Waals surface area contributed by atoms with Crippen LogP contribution in [-0.4, -0.2) is 18.7 Å². The lowest BCUT2D eigenvalue weighted by Crippen LogP contribution is -2.27. The molecule has 2 heterocycles. The van der Waals surface area contributed by atoms with Crippen LogP contribution in [0.2, 0.25) is 0 Å². The Morgan fingerprint density at radius 3 is 2.20 bits per heavy atom. The van der Waals surface area contributed by atoms with E-state index in [1.807, 2.05) is 45.9 Å². The van der Waals surface area contributed by atoms with E-state index in [0.717, 1.165) is 30.2 Å². The molecule has 2 aromatic rings. The summed E-state index contributed by atoms with van der Waals surface area (Å²) >= 11 is 0. The molecule has 4 rings (SSSR count). The summed E-state index contributed by atoms with van der Waals surface area (Å²) in [6.07, 6.45) is 1.68. The minimum Gasteiger partial charge on any atom is -0.331 e. The molecule has 4 nitrogen and oxygen atoms in total. The minimum absolute atomic E-state index is 0.823. The van der Waals surface area contributed by atoms with E-state index >= 15 is 0 Å². The van der Waals surface area contributed by atoms with Crippen LogP contribution < -0.4 is 10.3 Å². The Labute approximate surface area is 151 Å². The molecule has 0 bridgehead atoms. The minimum atomic E-state index is 0.823. The fraction of sp³-hybridized carbons (Fsp3) is 0.333. The average Bonchev–Trinajstić information content (AvgIpc) is 3.24. The van der Waals surface area contributed by atoms with E-state index in [1.54, 1.807) is 0 Å². The third kappa shape index (κ3) is 4.08. The Hall–Kier alpha value is -2.62. The van der Waals surface area contributed by atoms with Crippen molar-refractivity contribution in [2.24, 2.45) is 10.1 Å². The molecule has 0 saturated heterocycles. The summed E-state index contributed by atoms with van der Waals surface area (Å²) in [7, 11) is 2.05. The summed E-state index contributed by atoms with van der Waals surface area (Å²) in [4.78, 5) is 6.70. The molecule has 25 heavy (non-hydrogen) atoms. The number of hydrogen-bond acceptors (Lipinski definition) is 3. The third-order valence-corrected chi connectivity index (χ3v) is 4.01. The van der Waals surface area contributed by atoms with Crippen LogP contribution in [0.15, 0.2) is 58.6 Å². The lowest BCUT2D eigenvalue weighted by Gasteiger charge is -2.13. The van der Waals surface area contributed by atoms with Crippen molar-refractivity contribution in [2.45, 2.75) is 40.5 Å². The summed E-state index contributed by atoms with van der Waals surface area (Å²) < 4.78 is 0. The van der Waals surface area contributed by atoms with Gasteiger partial charge < -0.3 is 4.90 Å². The maximum absolute atomic E-state index is 4.57. The first-order valence-corrected chi connectivity index (χ1v) is 9.11. The molecule has 0 atom stereocenters. The number of rotatable bonds is 1. The zero-order chi connectivity index (χ0) is 18.2. The number of hydrogen-bond donors (Lipinski definition) is 1. The Kier molecular flexibility index (Phi) is 6.75. The molecule has 0 spiro atoms. The summed E-state index contributed by atoms with van der Waals surface area (Å²) in [5, 5.41) is 4.55. The SMILES string of the molecule is CC.CC.CN1/C(=N/NC2=Nc3ccccc3C2)Cc2ccccc21. The van der Waals surface area contributed by atoms with Gasteiger partial charge in [0.05, 0.1) is 5.69 Å². The molecular formula is C21H28N4. The molecule has 0 aromatic heterocycles. The van der Waals surface area contributed by atoms with Crippen LogP contribution in [0, 0.1) is 0 Å². The highest BCUT2D eigenvalue weighted by molar-refractivity contribution is 6.05. The predicted octanol–water partition coefficient (Wildman–Crippen LogP) is 4.92. The zero-order valence-electron chi connectivity index (χ0n) is 15.9. The number of amidine groups is 2. The first kappa shape index (κ1) is 18.7. The van der Waals surface area contributed by atoms with Crippen molar-refractivity contribution >= 4 is 23.0 Å². The number of hydrazone groups is 1. The molecule has 0 unspecified atom stereocenters. The zero-order valence-corrected chi connectivity index (χ0v) is 15.9. The second-order valence-corrected chi connectivity index (χ2v) is 5.37. The monoisotopic (exact) mass is 336 g/mol. The Morgan fingerprint density at radius 2 is 1.52 bits per heavy atom. The third-order valence-electron chi connectivity index (χ3n) is 4.01. The number of nitrogens with one attached hydrogen (secondary N) is 1. The number of fused-ring (bicyclic) bond motifs is 2. The van der Waals surface area contributed by atoms with Gasteiger partial charge in [-0.05, 0) is 23.3 Å². The molecule has 0 radical (unpaired) electrons. The van der Waals surface area contributed by atoms with E-state index in [4.69, 9.17) is 0 Å². The number of nitrogens with zero attached hydrogens (tertiary/aromatic N) is 3. The largest absolute Gasteiger partial charge is 0.331 e. The van der Waals surface area contributed by atoms with Crippen LogP contribution in [0.4, 0.5) is 11.4 Å². The van der Waals surface area contributed by atoms with Gasteiger partial charge in [0, 0.05) is 25.6 Å². The van der Waals surface area contributed by atoms with Gasteiger partial charge in [0.2, 0.25) is 0 Å². The van der Waals surface area contributed by atoms with E-state index < -0.39 is 0 Å². The van der Waals surface area contributed by atoms with Gasteiger partial charge in [0.1, 0.15) is 11.7 Å². The van der Waals surface area contributed by atoms with Crippen LogP contribution >= 0.6 is 0 Å². The van der Waals surface area contributed by atoms with E-state index in [9.17, 15) is 0 Å². The van der Waals surface area contributed by atoms with Crippen LogP contribution in [-0.2, 0) is 12.8 Å². The number of likely N-dealkylation sites (N-methyl/N-ethyl adjacent to an activating group) is 1. The highest BCUT2D eigenvalue weighted by Gasteiger charge is 2.22. The number of benzene rings is 2. The molecule has 2 aromatic carbocycles. The van der Waals surface area contributed by atoms with Crippen LogP contribution in [0.5, 0.6) is 0 Å². The van der Waals surface area contributed by atoms with E-state index in [2.05, 4.69) is 57.8 Å². The summed E-state index contributed by atoms with van der Waals surface area (Å²) in [5.74, 6) is 1.93. The van der Waals surface area contributed by atoms with E-state index in [-0.39, 0.29) is 0 Å². The fourth-order valence-corrected chi connectivity index (χ4v) is 2.86. The van der Waals surface area contributed by atoms with Crippen LogP contribution in [0.3, 0.4) is 0 Å². The van der Waals surface area contributed by atoms with Gasteiger partial charge in [-0.1, -0.05) is 64.1 Å². The quantitative estimate of drug-likeness (QED) is 0.751. The molecule has 0 fully saturated rings. The molecule has 0 amide bonds. The lowest BCUT2D eigenvalue weighted by molar-refractivity contribution is 0.983. The van der Waals surface area contributed by atoms with Crippen LogP contribution in [0.25, 0.3) is 0 Å². The normalized spacial score (nSPS) is 15.3. The lowest BCUT2D eigenvalue weighted by atomic mass is 10.1. The molecule has 132 valence electrons. The molecule has 2 aliphatic heterocycles. The highest BCUT2D eigenvalue weighted by Crippen LogP contribution is 2.28. The van der Waals surface area contributed by atoms with Gasteiger partial charge in [-0.2, -0.15) is 5.10 Å². The van der Waals surface area contributed by atoms with Gasteiger partial charge >= 0.3 is 0 Å². The molecule has 1 N–H and O–H groups in total. The van der Waals surface area contributed by atoms with Crippen molar-refractivity contribution in [1.82, 2.24) is 5.43 Å². The Balaban J connectivity index is 0.000000528. The standard InChI is InChI=1S/C17H16N4.2C2H6/c1-21-15-9-5-3-7-13(15)11-17(21)20-19-16-10-12-6-2-4-8-14(12)18-16;2*1-2/h2-9H,10-11H2,1H3,(H,18,19);2*1-2H3/b20-17+;;. The van der Waals surface area contributed by atoms with Crippen molar-refractivity contribution in [3.63, 3.8) is 0 Å². The number of anilines is 1. The van der Waals surface area contributed by atoms with Crippen molar-refractivity contribution in [3.05, 3.63) is 59.7 Å². The van der Waals surface area contributed by atoms with Gasteiger partial charge in [-0.15, -0.1) is 0 Å². The molecule has 0 saturated carbocycles. The molecule has 4 heteroatoms. The summed E-state index contributed by atoms with van der Waals surface area (Å²) in [6.45, 7) is 8.00. The molecule has 0 aliphatic carbocycles. The van der Waals surface area contributed by atoms with E-state index in [0.29, 0.717) is 0 Å². The van der Waals surface area contributed by atoms with Gasteiger partial charge in [-0.25, -0.2) is 4.99 Å². The highest BCUT2D eigenvalue weighted by atomic mass is 15.4. The first-order valence-electron chi connectivity index (χ1n) is 9.11. The fourth-order valence-electron chi connectivity index (χ4n) is 2.86. The topological polar surface area (TPSA) is 40.0 Å². The van der Waals surface area contributed by atoms with Gasteiger partial charge in [0.15, 0.2) is 0 Å². The van der Waals surface area contributed by atoms with Crippen molar-refractivity contribution in [1.29, 1.82) is 0 Å².